The Balaban J connectivity index is 1.54. The molecule has 2 aliphatic heterocycles. The maximum Gasteiger partial charge on any atom is 0.252 e. The van der Waals surface area contributed by atoms with Crippen LogP contribution in [-0.2, 0) is 0 Å². The minimum absolute atomic E-state index is 0.0387. The molecule has 0 radical (unpaired) electrons. The van der Waals surface area contributed by atoms with Crippen molar-refractivity contribution >= 4 is 40.7 Å². The van der Waals surface area contributed by atoms with Gasteiger partial charge >= 0.3 is 0 Å². The quantitative estimate of drug-likeness (QED) is 0.378. The summed E-state index contributed by atoms with van der Waals surface area (Å²) in [6.45, 7) is 0.762. The van der Waals surface area contributed by atoms with E-state index in [1.165, 1.54) is 6.07 Å². The summed E-state index contributed by atoms with van der Waals surface area (Å²) in [5.74, 6) is 5.38. The van der Waals surface area contributed by atoms with Gasteiger partial charge in [-0.25, -0.2) is 14.4 Å². The fourth-order valence-corrected chi connectivity index (χ4v) is 5.27. The highest BCUT2D eigenvalue weighted by Gasteiger charge is 2.24. The molecule has 1 fully saturated rings. The SMILES string of the molecule is NN1CCCCC1NC(=O)c1ccc2c(c1)N=C(c1ccc(F)c(Cl)c1)c1ccccc1S2. The van der Waals surface area contributed by atoms with Gasteiger partial charge in [0.25, 0.3) is 5.91 Å². The largest absolute Gasteiger partial charge is 0.335 e. The molecule has 0 aliphatic carbocycles. The first kappa shape index (κ1) is 22.1. The number of nitrogens with one attached hydrogen (secondary N) is 1. The number of aliphatic imine (C=N–C) groups is 1. The number of hydrazine groups is 1. The Morgan fingerprint density at radius 2 is 1.97 bits per heavy atom. The standard InChI is InChI=1S/C25H22ClFN4OS/c26-18-13-15(8-10-19(18)27)24-17-5-1-2-6-21(17)33-22-11-9-16(14-20(22)29-24)25(32)30-23-7-3-4-12-31(23)28/h1-2,5-6,8-11,13-14,23H,3-4,7,12,28H2,(H,30,32). The minimum Gasteiger partial charge on any atom is -0.335 e. The molecule has 0 saturated carbocycles. The van der Waals surface area contributed by atoms with E-state index in [9.17, 15) is 9.18 Å². The topological polar surface area (TPSA) is 70.7 Å². The molecule has 168 valence electrons. The van der Waals surface area contributed by atoms with Gasteiger partial charge in [-0.15, -0.1) is 0 Å². The zero-order chi connectivity index (χ0) is 22.9. The molecule has 1 amide bonds. The van der Waals surface area contributed by atoms with Gasteiger partial charge in [0.1, 0.15) is 5.82 Å². The maximum absolute atomic E-state index is 13.8. The first-order valence-electron chi connectivity index (χ1n) is 10.8. The van der Waals surface area contributed by atoms with Crippen molar-refractivity contribution in [1.82, 2.24) is 10.3 Å². The van der Waals surface area contributed by atoms with Crippen LogP contribution in [0.4, 0.5) is 10.1 Å². The lowest BCUT2D eigenvalue weighted by molar-refractivity contribution is 0.0775. The van der Waals surface area contributed by atoms with Crippen molar-refractivity contribution in [1.29, 1.82) is 0 Å². The molecule has 2 aliphatic rings. The summed E-state index contributed by atoms with van der Waals surface area (Å²) in [5, 5.41) is 4.75. The van der Waals surface area contributed by atoms with Crippen LogP contribution in [0, 0.1) is 5.82 Å². The Morgan fingerprint density at radius 1 is 1.12 bits per heavy atom. The third-order valence-electron chi connectivity index (χ3n) is 5.85. The van der Waals surface area contributed by atoms with Crippen LogP contribution in [0.15, 0.2) is 75.4 Å². The molecule has 3 aromatic carbocycles. The summed E-state index contributed by atoms with van der Waals surface area (Å²) in [6.07, 6.45) is 2.71. The molecule has 0 aromatic heterocycles. The second kappa shape index (κ2) is 9.27. The molecule has 0 spiro atoms. The lowest BCUT2D eigenvalue weighted by Gasteiger charge is -2.32. The second-order valence-electron chi connectivity index (χ2n) is 8.09. The summed E-state index contributed by atoms with van der Waals surface area (Å²) in [7, 11) is 0. The van der Waals surface area contributed by atoms with Crippen LogP contribution >= 0.6 is 23.4 Å². The highest BCUT2D eigenvalue weighted by molar-refractivity contribution is 7.99. The highest BCUT2D eigenvalue weighted by Crippen LogP contribution is 2.41. The number of hydrogen-bond donors (Lipinski definition) is 2. The number of carbonyl (C=O) groups excluding carboxylic acids is 1. The predicted octanol–water partition coefficient (Wildman–Crippen LogP) is 5.53. The van der Waals surface area contributed by atoms with Crippen LogP contribution < -0.4 is 11.2 Å². The summed E-state index contributed by atoms with van der Waals surface area (Å²) >= 11 is 7.65. The third-order valence-corrected chi connectivity index (χ3v) is 7.28. The molecule has 0 bridgehead atoms. The van der Waals surface area contributed by atoms with Crippen LogP contribution in [0.2, 0.25) is 5.02 Å². The maximum atomic E-state index is 13.8. The van der Waals surface area contributed by atoms with Crippen LogP contribution in [0.3, 0.4) is 0 Å². The smallest absolute Gasteiger partial charge is 0.252 e. The van der Waals surface area contributed by atoms with E-state index in [1.807, 2.05) is 36.4 Å². The lowest BCUT2D eigenvalue weighted by Crippen LogP contribution is -2.53. The van der Waals surface area contributed by atoms with E-state index in [0.717, 1.165) is 41.2 Å². The number of amides is 1. The average molecular weight is 481 g/mol. The van der Waals surface area contributed by atoms with Crippen molar-refractivity contribution in [2.45, 2.75) is 35.2 Å². The van der Waals surface area contributed by atoms with E-state index in [2.05, 4.69) is 5.32 Å². The number of nitrogens with zero attached hydrogens (tertiary/aromatic N) is 2. The van der Waals surface area contributed by atoms with Crippen molar-refractivity contribution in [3.8, 4) is 0 Å². The van der Waals surface area contributed by atoms with Crippen LogP contribution in [-0.4, -0.2) is 29.3 Å². The molecule has 5 rings (SSSR count). The summed E-state index contributed by atoms with van der Waals surface area (Å²) in [4.78, 5) is 19.9. The molecule has 2 heterocycles. The van der Waals surface area contributed by atoms with Crippen molar-refractivity contribution < 1.29 is 9.18 Å². The van der Waals surface area contributed by atoms with Gasteiger partial charge < -0.3 is 5.32 Å². The summed E-state index contributed by atoms with van der Waals surface area (Å²) in [5.41, 5.74) is 3.50. The van der Waals surface area contributed by atoms with Crippen LogP contribution in [0.25, 0.3) is 0 Å². The Morgan fingerprint density at radius 3 is 2.79 bits per heavy atom. The summed E-state index contributed by atoms with van der Waals surface area (Å²) < 4.78 is 13.8. The highest BCUT2D eigenvalue weighted by atomic mass is 35.5. The number of halogens is 2. The normalized spacial score (nSPS) is 18.0. The zero-order valence-electron chi connectivity index (χ0n) is 17.7. The van der Waals surface area contributed by atoms with Crippen LogP contribution in [0.5, 0.6) is 0 Å². The third kappa shape index (κ3) is 4.54. The number of nitrogens with two attached hydrogens (primary N) is 1. The Labute approximate surface area is 200 Å². The number of hydrogen-bond acceptors (Lipinski definition) is 5. The van der Waals surface area contributed by atoms with Gasteiger partial charge in [-0.2, -0.15) is 0 Å². The zero-order valence-corrected chi connectivity index (χ0v) is 19.3. The van der Waals surface area contributed by atoms with Crippen molar-refractivity contribution in [2.24, 2.45) is 10.8 Å². The number of carbonyl (C=O) groups is 1. The van der Waals surface area contributed by atoms with Crippen LogP contribution in [0.1, 0.15) is 40.7 Å². The Hall–Kier alpha value is -2.71. The molecule has 1 unspecified atom stereocenters. The van der Waals surface area contributed by atoms with Crippen molar-refractivity contribution in [3.63, 3.8) is 0 Å². The van der Waals surface area contributed by atoms with E-state index >= 15 is 0 Å². The van der Waals surface area contributed by atoms with Gasteiger partial charge in [-0.1, -0.05) is 41.6 Å². The molecule has 1 atom stereocenters. The first-order chi connectivity index (χ1) is 16.0. The monoisotopic (exact) mass is 480 g/mol. The number of piperidine rings is 1. The van der Waals surface area contributed by atoms with Gasteiger partial charge in [0.05, 0.1) is 22.6 Å². The van der Waals surface area contributed by atoms with E-state index in [-0.39, 0.29) is 17.1 Å². The molecular weight excluding hydrogens is 459 g/mol. The molecule has 33 heavy (non-hydrogen) atoms. The average Bonchev–Trinajstić information content (AvgIpc) is 2.98. The number of fused-ring (bicyclic) bond motifs is 2. The van der Waals surface area contributed by atoms with Crippen molar-refractivity contribution in [3.05, 3.63) is 88.2 Å². The van der Waals surface area contributed by atoms with E-state index < -0.39 is 5.82 Å². The molecule has 3 N–H and O–H groups in total. The molecule has 1 saturated heterocycles. The summed E-state index contributed by atoms with van der Waals surface area (Å²) in [6, 6.07) is 18.0. The number of rotatable bonds is 3. The predicted molar refractivity (Wildman–Crippen MR) is 130 cm³/mol. The first-order valence-corrected chi connectivity index (χ1v) is 12.0. The van der Waals surface area contributed by atoms with Gasteiger partial charge in [0.15, 0.2) is 0 Å². The van der Waals surface area contributed by atoms with E-state index in [1.54, 1.807) is 35.0 Å². The fraction of sp³-hybridized carbons (Fsp3) is 0.200. The van der Waals surface area contributed by atoms with E-state index in [0.29, 0.717) is 22.5 Å². The van der Waals surface area contributed by atoms with Gasteiger partial charge in [-0.05, 0) is 61.7 Å². The Bertz CT molecular complexity index is 1260. The molecule has 3 aromatic rings. The van der Waals surface area contributed by atoms with E-state index in [4.69, 9.17) is 22.4 Å². The molecule has 5 nitrogen and oxygen atoms in total. The van der Waals surface area contributed by atoms with Gasteiger partial charge in [-0.3, -0.25) is 10.6 Å². The minimum atomic E-state index is -0.478. The molecule has 8 heteroatoms. The fourth-order valence-electron chi connectivity index (χ4n) is 4.09. The Kier molecular flexibility index (Phi) is 6.21. The van der Waals surface area contributed by atoms with Gasteiger partial charge in [0.2, 0.25) is 0 Å². The van der Waals surface area contributed by atoms with Gasteiger partial charge in [0, 0.05) is 33.0 Å². The second-order valence-corrected chi connectivity index (χ2v) is 9.58. The van der Waals surface area contributed by atoms with Crippen molar-refractivity contribution in [2.75, 3.05) is 6.54 Å². The number of benzene rings is 3. The molecular formula is C25H22ClFN4OS. The lowest BCUT2D eigenvalue weighted by atomic mass is 10.0.